The van der Waals surface area contributed by atoms with Crippen LogP contribution < -0.4 is 10.6 Å². The van der Waals surface area contributed by atoms with Gasteiger partial charge < -0.3 is 15.1 Å². The maximum absolute atomic E-state index is 13.1. The minimum Gasteiger partial charge on any atom is -0.451 e. The molecule has 2 amide bonds. The fourth-order valence-corrected chi connectivity index (χ4v) is 5.44. The molecule has 2 unspecified atom stereocenters. The molecular formula is C27H24F3N3O3S. The van der Waals surface area contributed by atoms with Crippen molar-refractivity contribution in [2.45, 2.75) is 44.2 Å². The van der Waals surface area contributed by atoms with Crippen molar-refractivity contribution in [1.82, 2.24) is 4.98 Å². The SMILES string of the molecule is O=C(Cc1ccc(NC(=O)c2cc3ccccc3o2)cc1)Nc1nc(C2CCCC(C(F)(F)F)C2)cs1. The third kappa shape index (κ3) is 6.02. The average molecular weight is 528 g/mol. The molecule has 1 saturated carbocycles. The number of furan rings is 1. The molecule has 6 nitrogen and oxygen atoms in total. The summed E-state index contributed by atoms with van der Waals surface area (Å²) in [7, 11) is 0. The topological polar surface area (TPSA) is 84.2 Å². The highest BCUT2D eigenvalue weighted by Crippen LogP contribution is 2.44. The van der Waals surface area contributed by atoms with Crippen molar-refractivity contribution >= 4 is 44.9 Å². The van der Waals surface area contributed by atoms with Crippen LogP contribution in [0.1, 0.15) is 53.4 Å². The van der Waals surface area contributed by atoms with Crippen LogP contribution in [-0.4, -0.2) is 23.0 Å². The molecule has 0 radical (unpaired) electrons. The molecule has 4 aromatic rings. The number of nitrogens with one attached hydrogen (secondary N) is 2. The summed E-state index contributed by atoms with van der Waals surface area (Å²) in [5.41, 5.74) is 2.53. The lowest BCUT2D eigenvalue weighted by molar-refractivity contribution is -0.183. The molecular weight excluding hydrogens is 503 g/mol. The molecule has 0 saturated heterocycles. The molecule has 0 bridgehead atoms. The van der Waals surface area contributed by atoms with Crippen LogP contribution in [0.2, 0.25) is 0 Å². The van der Waals surface area contributed by atoms with E-state index in [1.165, 1.54) is 11.3 Å². The molecule has 2 atom stereocenters. The van der Waals surface area contributed by atoms with E-state index in [0.717, 1.165) is 10.9 Å². The fraction of sp³-hybridized carbons (Fsp3) is 0.296. The maximum Gasteiger partial charge on any atom is 0.391 e. The van der Waals surface area contributed by atoms with Crippen LogP contribution in [0, 0.1) is 5.92 Å². The van der Waals surface area contributed by atoms with E-state index in [0.29, 0.717) is 34.9 Å². The second kappa shape index (κ2) is 10.4. The summed E-state index contributed by atoms with van der Waals surface area (Å²) < 4.78 is 44.9. The van der Waals surface area contributed by atoms with Gasteiger partial charge >= 0.3 is 6.18 Å². The van der Waals surface area contributed by atoms with E-state index in [-0.39, 0.29) is 42.8 Å². The lowest BCUT2D eigenvalue weighted by Gasteiger charge is -2.29. The van der Waals surface area contributed by atoms with Gasteiger partial charge in [0.25, 0.3) is 5.91 Å². The number of benzene rings is 2. The number of carbonyl (C=O) groups excluding carboxylic acids is 2. The first-order chi connectivity index (χ1) is 17.7. The number of carbonyl (C=O) groups is 2. The van der Waals surface area contributed by atoms with Crippen molar-refractivity contribution in [1.29, 1.82) is 0 Å². The highest BCUT2D eigenvalue weighted by Gasteiger charge is 2.42. The second-order valence-electron chi connectivity index (χ2n) is 9.20. The van der Waals surface area contributed by atoms with Gasteiger partial charge in [-0.1, -0.05) is 36.8 Å². The molecule has 0 spiro atoms. The smallest absolute Gasteiger partial charge is 0.391 e. The number of fused-ring (bicyclic) bond motifs is 1. The number of rotatable bonds is 6. The van der Waals surface area contributed by atoms with Crippen molar-refractivity contribution in [3.05, 3.63) is 77.0 Å². The van der Waals surface area contributed by atoms with E-state index >= 15 is 0 Å². The number of thiazole rings is 1. The van der Waals surface area contributed by atoms with E-state index in [1.54, 1.807) is 41.8 Å². The van der Waals surface area contributed by atoms with Crippen LogP contribution in [-0.2, 0) is 11.2 Å². The van der Waals surface area contributed by atoms with Crippen LogP contribution >= 0.6 is 11.3 Å². The number of aromatic nitrogens is 1. The van der Waals surface area contributed by atoms with Crippen molar-refractivity contribution in [3.8, 4) is 0 Å². The predicted molar refractivity (Wildman–Crippen MR) is 136 cm³/mol. The molecule has 0 aliphatic heterocycles. The van der Waals surface area contributed by atoms with Crippen LogP contribution in [0.3, 0.4) is 0 Å². The standard InChI is InChI=1S/C27H24F3N3O3S/c28-27(29,30)19-6-3-5-17(13-19)21-15-37-26(32-21)33-24(34)12-16-8-10-20(11-9-16)31-25(35)23-14-18-4-1-2-7-22(18)36-23/h1-2,4,7-11,14-15,17,19H,3,5-6,12-13H2,(H,31,35)(H,32,33,34). The zero-order chi connectivity index (χ0) is 26.0. The minimum absolute atomic E-state index is 0.0415. The van der Waals surface area contributed by atoms with E-state index in [4.69, 9.17) is 4.42 Å². The highest BCUT2D eigenvalue weighted by molar-refractivity contribution is 7.13. The highest BCUT2D eigenvalue weighted by atomic mass is 32.1. The van der Waals surface area contributed by atoms with Gasteiger partial charge in [-0.2, -0.15) is 13.2 Å². The summed E-state index contributed by atoms with van der Waals surface area (Å²) in [4.78, 5) is 29.4. The van der Waals surface area contributed by atoms with E-state index < -0.39 is 12.1 Å². The molecule has 2 heterocycles. The van der Waals surface area contributed by atoms with Gasteiger partial charge in [0.05, 0.1) is 18.0 Å². The molecule has 192 valence electrons. The quantitative estimate of drug-likeness (QED) is 0.279. The Kier molecular flexibility index (Phi) is 7.01. The summed E-state index contributed by atoms with van der Waals surface area (Å²) >= 11 is 1.22. The van der Waals surface area contributed by atoms with Crippen LogP contribution in [0.25, 0.3) is 11.0 Å². The average Bonchev–Trinajstić information content (AvgIpc) is 3.52. The Morgan fingerprint density at radius 3 is 2.59 bits per heavy atom. The molecule has 1 aliphatic rings. The van der Waals surface area contributed by atoms with Crippen molar-refractivity contribution in [2.75, 3.05) is 10.6 Å². The lowest BCUT2D eigenvalue weighted by Crippen LogP contribution is -2.28. The number of para-hydroxylation sites is 1. The Morgan fingerprint density at radius 1 is 1.05 bits per heavy atom. The number of nitrogens with zero attached hydrogens (tertiary/aromatic N) is 1. The summed E-state index contributed by atoms with van der Waals surface area (Å²) in [6.07, 6.45) is -2.70. The monoisotopic (exact) mass is 527 g/mol. The number of hydrogen-bond acceptors (Lipinski definition) is 5. The molecule has 1 aliphatic carbocycles. The van der Waals surface area contributed by atoms with Gasteiger partial charge in [0.15, 0.2) is 10.9 Å². The van der Waals surface area contributed by atoms with E-state index in [2.05, 4.69) is 15.6 Å². The van der Waals surface area contributed by atoms with Crippen molar-refractivity contribution in [2.24, 2.45) is 5.92 Å². The van der Waals surface area contributed by atoms with Gasteiger partial charge in [-0.05, 0) is 49.1 Å². The Morgan fingerprint density at radius 2 is 1.84 bits per heavy atom. The Labute approximate surface area is 214 Å². The first-order valence-electron chi connectivity index (χ1n) is 12.0. The number of anilines is 2. The van der Waals surface area contributed by atoms with E-state index in [9.17, 15) is 22.8 Å². The first kappa shape index (κ1) is 25.0. The van der Waals surface area contributed by atoms with Gasteiger partial charge in [-0.15, -0.1) is 11.3 Å². The molecule has 2 aromatic heterocycles. The number of amides is 2. The van der Waals surface area contributed by atoms with Crippen LogP contribution in [0.15, 0.2) is 64.4 Å². The normalized spacial score (nSPS) is 18.0. The van der Waals surface area contributed by atoms with Gasteiger partial charge in [-0.25, -0.2) is 4.98 Å². The second-order valence-corrected chi connectivity index (χ2v) is 10.1. The summed E-state index contributed by atoms with van der Waals surface area (Å²) in [6, 6.07) is 15.9. The van der Waals surface area contributed by atoms with Gasteiger partial charge in [-0.3, -0.25) is 9.59 Å². The first-order valence-corrected chi connectivity index (χ1v) is 12.8. The summed E-state index contributed by atoms with van der Waals surface area (Å²) in [6.45, 7) is 0. The number of halogens is 3. The maximum atomic E-state index is 13.1. The number of alkyl halides is 3. The molecule has 1 fully saturated rings. The zero-order valence-electron chi connectivity index (χ0n) is 19.7. The largest absolute Gasteiger partial charge is 0.451 e. The van der Waals surface area contributed by atoms with Gasteiger partial charge in [0, 0.05) is 22.4 Å². The van der Waals surface area contributed by atoms with Crippen molar-refractivity contribution < 1.29 is 27.2 Å². The molecule has 2 N–H and O–H groups in total. The van der Waals surface area contributed by atoms with Crippen LogP contribution in [0.5, 0.6) is 0 Å². The lowest BCUT2D eigenvalue weighted by atomic mass is 9.80. The third-order valence-corrected chi connectivity index (χ3v) is 7.33. The van der Waals surface area contributed by atoms with Crippen LogP contribution in [0.4, 0.5) is 24.0 Å². The third-order valence-electron chi connectivity index (χ3n) is 6.55. The Bertz CT molecular complexity index is 1380. The van der Waals surface area contributed by atoms with Crippen molar-refractivity contribution in [3.63, 3.8) is 0 Å². The molecule has 37 heavy (non-hydrogen) atoms. The zero-order valence-corrected chi connectivity index (χ0v) is 20.5. The number of hydrogen-bond donors (Lipinski definition) is 2. The van der Waals surface area contributed by atoms with E-state index in [1.807, 2.05) is 18.2 Å². The predicted octanol–water partition coefficient (Wildman–Crippen LogP) is 7.16. The minimum atomic E-state index is -4.18. The summed E-state index contributed by atoms with van der Waals surface area (Å²) in [5, 5.41) is 8.46. The molecule has 5 rings (SSSR count). The Balaban J connectivity index is 1.14. The van der Waals surface area contributed by atoms with Gasteiger partial charge in [0.2, 0.25) is 5.91 Å². The Hall–Kier alpha value is -3.66. The molecule has 10 heteroatoms. The fourth-order valence-electron chi connectivity index (χ4n) is 4.63. The molecule has 2 aromatic carbocycles. The summed E-state index contributed by atoms with van der Waals surface area (Å²) in [5.74, 6) is -1.99. The van der Waals surface area contributed by atoms with Gasteiger partial charge in [0.1, 0.15) is 5.58 Å².